The maximum absolute atomic E-state index is 13.4. The van der Waals surface area contributed by atoms with Crippen LogP contribution in [0.5, 0.6) is 0 Å². The zero-order valence-corrected chi connectivity index (χ0v) is 11.6. The number of benzene rings is 2. The molecule has 20 heavy (non-hydrogen) atoms. The molecular formula is C14H9Cl2FN2O. The molecule has 0 aromatic heterocycles. The highest BCUT2D eigenvalue weighted by Crippen LogP contribution is 2.16. The van der Waals surface area contributed by atoms with E-state index in [0.29, 0.717) is 10.6 Å². The molecule has 2 aromatic carbocycles. The minimum Gasteiger partial charge on any atom is -0.267 e. The van der Waals surface area contributed by atoms with Crippen LogP contribution in [0.4, 0.5) is 4.39 Å². The van der Waals surface area contributed by atoms with Crippen LogP contribution in [-0.2, 0) is 0 Å². The summed E-state index contributed by atoms with van der Waals surface area (Å²) in [6.45, 7) is 0. The Morgan fingerprint density at radius 2 is 1.85 bits per heavy atom. The van der Waals surface area contributed by atoms with Crippen LogP contribution < -0.4 is 5.43 Å². The van der Waals surface area contributed by atoms with Crippen molar-refractivity contribution in [1.82, 2.24) is 5.43 Å². The number of carbonyl (C=O) groups is 1. The molecule has 2 rings (SSSR count). The minimum atomic E-state index is -0.512. The smallest absolute Gasteiger partial charge is 0.267 e. The van der Waals surface area contributed by atoms with Crippen molar-refractivity contribution in [1.29, 1.82) is 0 Å². The van der Waals surface area contributed by atoms with Gasteiger partial charge in [-0.1, -0.05) is 29.3 Å². The van der Waals surface area contributed by atoms with Gasteiger partial charge in [0.15, 0.2) is 0 Å². The molecule has 6 heteroatoms. The Balaban J connectivity index is 2.06. The Kier molecular flexibility index (Phi) is 4.71. The van der Waals surface area contributed by atoms with Gasteiger partial charge in [0.2, 0.25) is 0 Å². The van der Waals surface area contributed by atoms with Gasteiger partial charge >= 0.3 is 0 Å². The average Bonchev–Trinajstić information content (AvgIpc) is 2.42. The first-order chi connectivity index (χ1) is 9.58. The molecule has 2 aromatic rings. The molecule has 102 valence electrons. The Labute approximate surface area is 125 Å². The van der Waals surface area contributed by atoms with Gasteiger partial charge < -0.3 is 0 Å². The topological polar surface area (TPSA) is 41.5 Å². The van der Waals surface area contributed by atoms with E-state index in [9.17, 15) is 9.18 Å². The second-order valence-electron chi connectivity index (χ2n) is 3.84. The molecule has 0 bridgehead atoms. The maximum Gasteiger partial charge on any atom is 0.271 e. The van der Waals surface area contributed by atoms with Crippen molar-refractivity contribution in [3.05, 3.63) is 69.5 Å². The number of hydrazone groups is 1. The van der Waals surface area contributed by atoms with Crippen LogP contribution in [0.2, 0.25) is 10.0 Å². The summed E-state index contributed by atoms with van der Waals surface area (Å²) in [5.74, 6) is -0.938. The fraction of sp³-hybridized carbons (Fsp3) is 0. The van der Waals surface area contributed by atoms with Crippen LogP contribution in [-0.4, -0.2) is 12.1 Å². The van der Waals surface area contributed by atoms with E-state index in [2.05, 4.69) is 10.5 Å². The largest absolute Gasteiger partial charge is 0.271 e. The summed E-state index contributed by atoms with van der Waals surface area (Å²) in [5, 5.41) is 4.43. The van der Waals surface area contributed by atoms with Crippen LogP contribution in [0.1, 0.15) is 15.9 Å². The van der Waals surface area contributed by atoms with Crippen molar-refractivity contribution in [2.45, 2.75) is 0 Å². The number of halogens is 3. The van der Waals surface area contributed by atoms with Gasteiger partial charge in [-0.3, -0.25) is 4.79 Å². The summed E-state index contributed by atoms with van der Waals surface area (Å²) in [7, 11) is 0. The number of nitrogens with one attached hydrogen (secondary N) is 1. The van der Waals surface area contributed by atoms with Gasteiger partial charge in [-0.05, 0) is 36.4 Å². The van der Waals surface area contributed by atoms with E-state index in [1.807, 2.05) is 0 Å². The van der Waals surface area contributed by atoms with Gasteiger partial charge in [-0.25, -0.2) is 9.82 Å². The second kappa shape index (κ2) is 6.50. The summed E-state index contributed by atoms with van der Waals surface area (Å²) >= 11 is 11.5. The summed E-state index contributed by atoms with van der Waals surface area (Å²) in [6.07, 6.45) is 1.16. The standard InChI is InChI=1S/C14H9Cl2FN2O/c15-10-6-4-9(5-7-10)14(20)19-18-8-11-12(16)2-1-3-13(11)17/h1-8H,(H,19,20)/b18-8+. The molecule has 0 saturated heterocycles. The van der Waals surface area contributed by atoms with E-state index in [1.165, 1.54) is 18.2 Å². The monoisotopic (exact) mass is 310 g/mol. The van der Waals surface area contributed by atoms with Gasteiger partial charge in [0.25, 0.3) is 5.91 Å². The second-order valence-corrected chi connectivity index (χ2v) is 4.68. The Bertz CT molecular complexity index is 636. The number of hydrogen-bond donors (Lipinski definition) is 1. The highest BCUT2D eigenvalue weighted by molar-refractivity contribution is 6.33. The molecule has 0 fully saturated rings. The number of amides is 1. The molecule has 3 nitrogen and oxygen atoms in total. The Morgan fingerprint density at radius 1 is 1.15 bits per heavy atom. The predicted molar refractivity (Wildman–Crippen MR) is 77.9 cm³/mol. The fourth-order valence-electron chi connectivity index (χ4n) is 1.46. The predicted octanol–water partition coefficient (Wildman–Crippen LogP) is 3.90. The molecule has 0 radical (unpaired) electrons. The van der Waals surface area contributed by atoms with Crippen molar-refractivity contribution in [3.63, 3.8) is 0 Å². The zero-order valence-electron chi connectivity index (χ0n) is 10.1. The third-order valence-electron chi connectivity index (χ3n) is 2.47. The maximum atomic E-state index is 13.4. The molecule has 0 aliphatic heterocycles. The lowest BCUT2D eigenvalue weighted by Gasteiger charge is -2.01. The molecule has 1 N–H and O–H groups in total. The molecule has 0 heterocycles. The van der Waals surface area contributed by atoms with Gasteiger partial charge in [0.1, 0.15) is 5.82 Å². The van der Waals surface area contributed by atoms with E-state index in [4.69, 9.17) is 23.2 Å². The van der Waals surface area contributed by atoms with E-state index in [-0.39, 0.29) is 10.6 Å². The van der Waals surface area contributed by atoms with Crippen molar-refractivity contribution in [2.24, 2.45) is 5.10 Å². The molecule has 0 spiro atoms. The normalized spacial score (nSPS) is 10.8. The van der Waals surface area contributed by atoms with E-state index in [1.54, 1.807) is 24.3 Å². The third-order valence-corrected chi connectivity index (χ3v) is 3.05. The van der Waals surface area contributed by atoms with Crippen LogP contribution >= 0.6 is 23.2 Å². The first-order valence-electron chi connectivity index (χ1n) is 5.61. The number of carbonyl (C=O) groups excluding carboxylic acids is 1. The van der Waals surface area contributed by atoms with Gasteiger partial charge in [-0.2, -0.15) is 5.10 Å². The van der Waals surface area contributed by atoms with Gasteiger partial charge in [0, 0.05) is 16.1 Å². The first kappa shape index (κ1) is 14.5. The lowest BCUT2D eigenvalue weighted by Crippen LogP contribution is -2.17. The number of rotatable bonds is 3. The summed E-state index contributed by atoms with van der Waals surface area (Å²) in [6, 6.07) is 10.6. The fourth-order valence-corrected chi connectivity index (χ4v) is 1.79. The molecule has 0 aliphatic rings. The molecule has 0 aliphatic carbocycles. The van der Waals surface area contributed by atoms with E-state index < -0.39 is 11.7 Å². The molecule has 0 unspecified atom stereocenters. The number of nitrogens with zero attached hydrogens (tertiary/aromatic N) is 1. The quantitative estimate of drug-likeness (QED) is 0.678. The molecule has 1 amide bonds. The molecular weight excluding hydrogens is 302 g/mol. The van der Waals surface area contributed by atoms with E-state index >= 15 is 0 Å². The highest BCUT2D eigenvalue weighted by atomic mass is 35.5. The third kappa shape index (κ3) is 3.56. The lowest BCUT2D eigenvalue weighted by molar-refractivity contribution is 0.0955. The Hall–Kier alpha value is -1.91. The highest BCUT2D eigenvalue weighted by Gasteiger charge is 2.05. The lowest BCUT2D eigenvalue weighted by atomic mass is 10.2. The van der Waals surface area contributed by atoms with Gasteiger partial charge in [-0.15, -0.1) is 0 Å². The average molecular weight is 311 g/mol. The van der Waals surface area contributed by atoms with Crippen LogP contribution in [0.25, 0.3) is 0 Å². The number of hydrogen-bond acceptors (Lipinski definition) is 2. The van der Waals surface area contributed by atoms with Crippen LogP contribution in [0, 0.1) is 5.82 Å². The minimum absolute atomic E-state index is 0.116. The van der Waals surface area contributed by atoms with Crippen LogP contribution in [0.15, 0.2) is 47.6 Å². The molecule has 0 atom stereocenters. The summed E-state index contributed by atoms with van der Waals surface area (Å²) in [4.78, 5) is 11.7. The van der Waals surface area contributed by atoms with E-state index in [0.717, 1.165) is 6.21 Å². The SMILES string of the molecule is O=C(N/N=C/c1c(F)cccc1Cl)c1ccc(Cl)cc1. The van der Waals surface area contributed by atoms with Crippen LogP contribution in [0.3, 0.4) is 0 Å². The van der Waals surface area contributed by atoms with Crippen molar-refractivity contribution in [3.8, 4) is 0 Å². The van der Waals surface area contributed by atoms with Gasteiger partial charge in [0.05, 0.1) is 11.2 Å². The van der Waals surface area contributed by atoms with Crippen molar-refractivity contribution in [2.75, 3.05) is 0 Å². The summed E-state index contributed by atoms with van der Waals surface area (Å²) < 4.78 is 13.4. The van der Waals surface area contributed by atoms with Crippen molar-refractivity contribution >= 4 is 35.3 Å². The zero-order chi connectivity index (χ0) is 14.5. The van der Waals surface area contributed by atoms with Crippen molar-refractivity contribution < 1.29 is 9.18 Å². The molecule has 0 saturated carbocycles. The Morgan fingerprint density at radius 3 is 2.50 bits per heavy atom. The first-order valence-corrected chi connectivity index (χ1v) is 6.36. The summed E-state index contributed by atoms with van der Waals surface area (Å²) in [5.41, 5.74) is 2.79.